The molecule has 0 rings (SSSR count). The van der Waals surface area contributed by atoms with Crippen molar-refractivity contribution >= 4 is 13.9 Å². The van der Waals surface area contributed by atoms with Gasteiger partial charge in [-0.3, -0.25) is 4.79 Å². The first kappa shape index (κ1) is 13.9. The molecule has 0 aliphatic heterocycles. The Morgan fingerprint density at radius 2 is 1.57 bits per heavy atom. The van der Waals surface area contributed by atoms with Gasteiger partial charge in [0.15, 0.2) is 0 Å². The smallest absolute Gasteiger partial charge is 0.303 e. The van der Waals surface area contributed by atoms with Gasteiger partial charge in [0, 0.05) is 6.42 Å². The average molecular weight is 218 g/mol. The molecule has 0 aliphatic carbocycles. The second kappa shape index (κ2) is 7.23. The molecular formula is C11H23O2P. The predicted molar refractivity (Wildman–Crippen MR) is 63.4 cm³/mol. The van der Waals surface area contributed by atoms with E-state index in [1.165, 1.54) is 12.3 Å². The molecule has 0 unspecified atom stereocenters. The maximum Gasteiger partial charge on any atom is 0.303 e. The van der Waals surface area contributed by atoms with Crippen LogP contribution in [-0.2, 0) is 4.79 Å². The lowest BCUT2D eigenvalue weighted by molar-refractivity contribution is -0.136. The Kier molecular flexibility index (Phi) is 7.17. The third-order valence-electron chi connectivity index (χ3n) is 1.89. The van der Waals surface area contributed by atoms with Crippen molar-refractivity contribution in [3.63, 3.8) is 0 Å². The normalized spacial score (nSPS) is 11.6. The van der Waals surface area contributed by atoms with Crippen LogP contribution < -0.4 is 0 Å². The van der Waals surface area contributed by atoms with E-state index in [4.69, 9.17) is 5.11 Å². The Morgan fingerprint density at radius 1 is 1.14 bits per heavy atom. The summed E-state index contributed by atoms with van der Waals surface area (Å²) in [6.45, 7) is 8.87. The van der Waals surface area contributed by atoms with Crippen molar-refractivity contribution in [2.45, 2.75) is 34.1 Å². The van der Waals surface area contributed by atoms with Crippen LogP contribution in [0.3, 0.4) is 0 Å². The highest BCUT2D eigenvalue weighted by atomic mass is 31.1. The number of carbonyl (C=O) groups is 1. The SMILES string of the molecule is CC(C)CP(CCC(=O)O)CC(C)C. The van der Waals surface area contributed by atoms with Gasteiger partial charge in [0.05, 0.1) is 0 Å². The van der Waals surface area contributed by atoms with Crippen molar-refractivity contribution in [2.75, 3.05) is 18.5 Å². The van der Waals surface area contributed by atoms with Crippen LogP contribution in [0.5, 0.6) is 0 Å². The largest absolute Gasteiger partial charge is 0.481 e. The van der Waals surface area contributed by atoms with E-state index in [2.05, 4.69) is 27.7 Å². The molecule has 0 aromatic carbocycles. The lowest BCUT2D eigenvalue weighted by Crippen LogP contribution is -2.07. The quantitative estimate of drug-likeness (QED) is 0.666. The molecule has 0 amide bonds. The van der Waals surface area contributed by atoms with Gasteiger partial charge in [-0.25, -0.2) is 0 Å². The van der Waals surface area contributed by atoms with Gasteiger partial charge in [-0.05, 0) is 30.3 Å². The van der Waals surface area contributed by atoms with E-state index < -0.39 is 5.97 Å². The zero-order valence-electron chi connectivity index (χ0n) is 9.79. The van der Waals surface area contributed by atoms with Crippen LogP contribution in [0.1, 0.15) is 34.1 Å². The third-order valence-corrected chi connectivity index (χ3v) is 5.24. The zero-order valence-corrected chi connectivity index (χ0v) is 10.7. The zero-order chi connectivity index (χ0) is 11.1. The minimum Gasteiger partial charge on any atom is -0.481 e. The Balaban J connectivity index is 3.90. The van der Waals surface area contributed by atoms with Gasteiger partial charge in [-0.1, -0.05) is 27.7 Å². The van der Waals surface area contributed by atoms with Crippen LogP contribution in [0.4, 0.5) is 0 Å². The maximum atomic E-state index is 10.5. The molecule has 14 heavy (non-hydrogen) atoms. The van der Waals surface area contributed by atoms with E-state index in [0.717, 1.165) is 6.16 Å². The molecule has 0 aromatic rings. The Hall–Kier alpha value is -0.100. The molecule has 3 heteroatoms. The van der Waals surface area contributed by atoms with Crippen LogP contribution in [0.25, 0.3) is 0 Å². The van der Waals surface area contributed by atoms with Gasteiger partial charge in [0.1, 0.15) is 0 Å². The highest BCUT2D eigenvalue weighted by Gasteiger charge is 2.13. The van der Waals surface area contributed by atoms with Gasteiger partial charge < -0.3 is 5.11 Å². The summed E-state index contributed by atoms with van der Waals surface area (Å²) in [4.78, 5) is 10.5. The highest BCUT2D eigenvalue weighted by Crippen LogP contribution is 2.40. The molecule has 0 bridgehead atoms. The van der Waals surface area contributed by atoms with E-state index in [9.17, 15) is 4.79 Å². The van der Waals surface area contributed by atoms with Gasteiger partial charge in [0.25, 0.3) is 0 Å². The molecular weight excluding hydrogens is 195 g/mol. The molecule has 0 atom stereocenters. The molecule has 0 saturated carbocycles. The molecule has 0 saturated heterocycles. The van der Waals surface area contributed by atoms with Crippen molar-refractivity contribution in [3.8, 4) is 0 Å². The van der Waals surface area contributed by atoms with Crippen LogP contribution >= 0.6 is 7.92 Å². The van der Waals surface area contributed by atoms with Crippen LogP contribution in [-0.4, -0.2) is 29.6 Å². The summed E-state index contributed by atoms with van der Waals surface area (Å²) in [5, 5.41) is 8.64. The Bertz CT molecular complexity index is 157. The van der Waals surface area contributed by atoms with E-state index >= 15 is 0 Å². The minimum atomic E-state index is -0.648. The van der Waals surface area contributed by atoms with Crippen molar-refractivity contribution in [1.29, 1.82) is 0 Å². The van der Waals surface area contributed by atoms with E-state index in [1.807, 2.05) is 0 Å². The first-order valence-corrected chi connectivity index (χ1v) is 7.25. The molecule has 1 N–H and O–H groups in total. The lowest BCUT2D eigenvalue weighted by atomic mass is 10.3. The van der Waals surface area contributed by atoms with E-state index in [0.29, 0.717) is 18.3 Å². The number of hydrogen-bond donors (Lipinski definition) is 1. The first-order chi connectivity index (χ1) is 6.41. The molecule has 0 aliphatic rings. The summed E-state index contributed by atoms with van der Waals surface area (Å²) < 4.78 is 0. The molecule has 0 aromatic heterocycles. The lowest BCUT2D eigenvalue weighted by Gasteiger charge is -2.20. The molecule has 0 fully saturated rings. The second-order valence-corrected chi connectivity index (χ2v) is 7.21. The molecule has 0 spiro atoms. The van der Waals surface area contributed by atoms with Crippen molar-refractivity contribution in [2.24, 2.45) is 11.8 Å². The fourth-order valence-corrected chi connectivity index (χ4v) is 4.63. The number of carboxylic acids is 1. The highest BCUT2D eigenvalue weighted by molar-refractivity contribution is 7.57. The maximum absolute atomic E-state index is 10.5. The molecule has 84 valence electrons. The number of hydrogen-bond acceptors (Lipinski definition) is 1. The topological polar surface area (TPSA) is 37.3 Å². The summed E-state index contributed by atoms with van der Waals surface area (Å²) in [6.07, 6.45) is 3.70. The van der Waals surface area contributed by atoms with Crippen molar-refractivity contribution in [1.82, 2.24) is 0 Å². The summed E-state index contributed by atoms with van der Waals surface area (Å²) >= 11 is 0. The standard InChI is InChI=1S/C11H23O2P/c1-9(2)7-14(8-10(3)4)6-5-11(12)13/h9-10H,5-8H2,1-4H3,(H,12,13). The summed E-state index contributed by atoms with van der Waals surface area (Å²) in [5.41, 5.74) is 0. The molecule has 2 nitrogen and oxygen atoms in total. The summed E-state index contributed by atoms with van der Waals surface area (Å²) in [6, 6.07) is 0. The van der Waals surface area contributed by atoms with Crippen molar-refractivity contribution < 1.29 is 9.90 Å². The minimum absolute atomic E-state index is 0.0529. The van der Waals surface area contributed by atoms with Gasteiger partial charge in [0.2, 0.25) is 0 Å². The van der Waals surface area contributed by atoms with Gasteiger partial charge in [-0.15, -0.1) is 7.92 Å². The Labute approximate surface area is 88.8 Å². The predicted octanol–water partition coefficient (Wildman–Crippen LogP) is 3.26. The average Bonchev–Trinajstić information content (AvgIpc) is 1.97. The second-order valence-electron chi connectivity index (χ2n) is 4.69. The fraction of sp³-hybridized carbons (Fsp3) is 0.909. The van der Waals surface area contributed by atoms with E-state index in [1.54, 1.807) is 0 Å². The summed E-state index contributed by atoms with van der Waals surface area (Å²) in [5.74, 6) is 0.757. The first-order valence-electron chi connectivity index (χ1n) is 5.36. The van der Waals surface area contributed by atoms with Gasteiger partial charge in [-0.2, -0.15) is 0 Å². The van der Waals surface area contributed by atoms with Gasteiger partial charge >= 0.3 is 5.97 Å². The number of rotatable bonds is 7. The number of carboxylic acid groups (broad SMARTS) is 1. The fourth-order valence-electron chi connectivity index (χ4n) is 1.54. The monoisotopic (exact) mass is 218 g/mol. The van der Waals surface area contributed by atoms with Crippen molar-refractivity contribution in [3.05, 3.63) is 0 Å². The van der Waals surface area contributed by atoms with Crippen LogP contribution in [0.15, 0.2) is 0 Å². The summed E-state index contributed by atoms with van der Waals surface area (Å²) in [7, 11) is -0.0529. The Morgan fingerprint density at radius 3 is 1.86 bits per heavy atom. The van der Waals surface area contributed by atoms with Crippen LogP contribution in [0.2, 0.25) is 0 Å². The molecule has 0 heterocycles. The van der Waals surface area contributed by atoms with E-state index in [-0.39, 0.29) is 7.92 Å². The third kappa shape index (κ3) is 8.50. The molecule has 0 radical (unpaired) electrons. The number of aliphatic carboxylic acids is 1. The van der Waals surface area contributed by atoms with Crippen LogP contribution in [0, 0.1) is 11.8 Å².